The topological polar surface area (TPSA) is 89.9 Å². The van der Waals surface area contributed by atoms with E-state index in [1.54, 1.807) is 0 Å². The van der Waals surface area contributed by atoms with Crippen LogP contribution in [0.25, 0.3) is 0 Å². The lowest BCUT2D eigenvalue weighted by Crippen LogP contribution is -2.58. The van der Waals surface area contributed by atoms with Gasteiger partial charge in [0.05, 0.1) is 11.0 Å². The number of halogens is 3. The number of carbonyl (C=O) groups is 1. The molecular formula is C15H21F3O6S. The summed E-state index contributed by atoms with van der Waals surface area (Å²) in [4.78, 5) is 16.6. The zero-order valence-corrected chi connectivity index (χ0v) is 14.5. The summed E-state index contributed by atoms with van der Waals surface area (Å²) in [6, 6.07) is 0. The molecule has 4 aliphatic carbocycles. The van der Waals surface area contributed by atoms with Gasteiger partial charge in [0, 0.05) is 0 Å². The Morgan fingerprint density at radius 3 is 2.32 bits per heavy atom. The fourth-order valence-electron chi connectivity index (χ4n) is 5.06. The van der Waals surface area contributed by atoms with E-state index >= 15 is 0 Å². The second-order valence-corrected chi connectivity index (χ2v) is 9.38. The van der Waals surface area contributed by atoms with Gasteiger partial charge in [-0.1, -0.05) is 6.92 Å². The molecule has 0 aromatic heterocycles. The summed E-state index contributed by atoms with van der Waals surface area (Å²) in [6.45, 7) is 1.05. The van der Waals surface area contributed by atoms with Gasteiger partial charge in [-0.2, -0.15) is 17.2 Å². The zero-order chi connectivity index (χ0) is 18.7. The minimum absolute atomic E-state index is 0.0896. The lowest BCUT2D eigenvalue weighted by molar-refractivity contribution is -0.247. The number of aliphatic hydroxyl groups is 1. The number of carbonyl (C=O) groups excluding carboxylic acids is 1. The molecule has 0 heterocycles. The maximum atomic E-state index is 13.5. The van der Waals surface area contributed by atoms with Gasteiger partial charge in [0.25, 0.3) is 0 Å². The van der Waals surface area contributed by atoms with Crippen molar-refractivity contribution in [1.29, 1.82) is 0 Å². The number of alkyl halides is 3. The summed E-state index contributed by atoms with van der Waals surface area (Å²) in [5, 5.41) is 5.72. The molecule has 4 aliphatic rings. The van der Waals surface area contributed by atoms with Crippen LogP contribution in [0.5, 0.6) is 0 Å². The van der Waals surface area contributed by atoms with Crippen molar-refractivity contribution in [3.63, 3.8) is 0 Å². The molecule has 0 saturated heterocycles. The van der Waals surface area contributed by atoms with Crippen LogP contribution in [-0.4, -0.2) is 36.5 Å². The van der Waals surface area contributed by atoms with E-state index in [1.165, 1.54) is 0 Å². The molecule has 3 unspecified atom stereocenters. The molecular weight excluding hydrogens is 365 g/mol. The summed E-state index contributed by atoms with van der Waals surface area (Å²) in [5.74, 6) is -0.884. The molecule has 0 radical (unpaired) electrons. The Kier molecular flexibility index (Phi) is 4.40. The average molecular weight is 386 g/mol. The van der Waals surface area contributed by atoms with Crippen molar-refractivity contribution in [3.05, 3.63) is 0 Å². The van der Waals surface area contributed by atoms with E-state index in [1.807, 2.05) is 0 Å². The molecule has 0 aromatic carbocycles. The van der Waals surface area contributed by atoms with E-state index in [9.17, 15) is 31.5 Å². The Balaban J connectivity index is 1.71. The quantitative estimate of drug-likeness (QED) is 0.557. The molecule has 1 N–H and O–H groups in total. The molecule has 10 heteroatoms. The first kappa shape index (κ1) is 18.9. The van der Waals surface area contributed by atoms with Gasteiger partial charge in [0.15, 0.2) is 6.17 Å². The Hall–Kier alpha value is -0.870. The van der Waals surface area contributed by atoms with E-state index < -0.39 is 45.0 Å². The van der Waals surface area contributed by atoms with Crippen LogP contribution in [0, 0.1) is 17.3 Å². The summed E-state index contributed by atoms with van der Waals surface area (Å²) in [5.41, 5.74) is -2.15. The van der Waals surface area contributed by atoms with Crippen LogP contribution >= 0.6 is 0 Å². The van der Waals surface area contributed by atoms with E-state index in [4.69, 9.17) is 0 Å². The zero-order valence-electron chi connectivity index (χ0n) is 13.7. The normalized spacial score (nSPS) is 38.6. The lowest BCUT2D eigenvalue weighted by atomic mass is 9.48. The largest absolute Gasteiger partial charge is 0.403 e. The second kappa shape index (κ2) is 5.82. The predicted molar refractivity (Wildman–Crippen MR) is 78.3 cm³/mol. The molecule has 4 rings (SSSR count). The SMILES string of the molecule is CCC(F)C(F)(F)S(=O)(=O)OOC(=O)C12CC3CC(CC(O)(C3)C1)C2. The van der Waals surface area contributed by atoms with E-state index in [0.29, 0.717) is 25.7 Å². The molecule has 4 fully saturated rings. The van der Waals surface area contributed by atoms with Crippen molar-refractivity contribution in [2.24, 2.45) is 17.3 Å². The van der Waals surface area contributed by atoms with Crippen LogP contribution < -0.4 is 0 Å². The van der Waals surface area contributed by atoms with Crippen LogP contribution in [0.3, 0.4) is 0 Å². The van der Waals surface area contributed by atoms with Gasteiger partial charge < -0.3 is 5.11 Å². The number of hydrogen-bond donors (Lipinski definition) is 1. The Morgan fingerprint density at radius 1 is 1.28 bits per heavy atom. The standard InChI is InChI=1S/C15H21F3O6S/c1-2-11(16)15(17,18)25(21,22)24-23-12(19)13-4-9-3-10(5-13)7-14(20,6-9)8-13/h9-11,20H,2-8H2,1H3. The van der Waals surface area contributed by atoms with Gasteiger partial charge in [0.1, 0.15) is 0 Å². The van der Waals surface area contributed by atoms with Gasteiger partial charge in [-0.25, -0.2) is 9.18 Å². The monoisotopic (exact) mass is 386 g/mol. The van der Waals surface area contributed by atoms with Gasteiger partial charge in [0.2, 0.25) is 0 Å². The summed E-state index contributed by atoms with van der Waals surface area (Å²) in [7, 11) is -5.77. The van der Waals surface area contributed by atoms with Crippen molar-refractivity contribution in [2.75, 3.05) is 0 Å². The first-order valence-electron chi connectivity index (χ1n) is 8.32. The molecule has 25 heavy (non-hydrogen) atoms. The first-order chi connectivity index (χ1) is 11.4. The number of rotatable bonds is 6. The molecule has 3 atom stereocenters. The minimum atomic E-state index is -5.77. The third-order valence-corrected chi connectivity index (χ3v) is 6.89. The van der Waals surface area contributed by atoms with E-state index in [0.717, 1.165) is 13.3 Å². The van der Waals surface area contributed by atoms with Gasteiger partial charge in [-0.15, -0.1) is 0 Å². The fraction of sp³-hybridized carbons (Fsp3) is 0.933. The van der Waals surface area contributed by atoms with Gasteiger partial charge in [-0.05, 0) is 61.1 Å². The van der Waals surface area contributed by atoms with Crippen LogP contribution in [0.15, 0.2) is 0 Å². The third-order valence-electron chi connectivity index (χ3n) is 5.72. The second-order valence-electron chi connectivity index (χ2n) is 7.80. The van der Waals surface area contributed by atoms with Crippen molar-refractivity contribution >= 4 is 16.1 Å². The highest BCUT2D eigenvalue weighted by atomic mass is 32.2. The van der Waals surface area contributed by atoms with Crippen LogP contribution in [0.4, 0.5) is 13.2 Å². The van der Waals surface area contributed by atoms with Crippen molar-refractivity contribution < 1.29 is 40.7 Å². The summed E-state index contributed by atoms with van der Waals surface area (Å²) in [6.07, 6.45) is -0.844. The highest BCUT2D eigenvalue weighted by molar-refractivity contribution is 7.87. The molecule has 0 amide bonds. The fourth-order valence-corrected chi connectivity index (χ4v) is 5.78. The Labute approximate surface area is 143 Å². The predicted octanol–water partition coefficient (Wildman–Crippen LogP) is 2.46. The highest BCUT2D eigenvalue weighted by Gasteiger charge is 2.62. The smallest absolute Gasteiger partial charge is 0.390 e. The highest BCUT2D eigenvalue weighted by Crippen LogP contribution is 2.62. The molecule has 0 spiro atoms. The Bertz CT molecular complexity index is 650. The molecule has 0 aliphatic heterocycles. The van der Waals surface area contributed by atoms with Crippen LogP contribution in [0.1, 0.15) is 51.9 Å². The number of hydrogen-bond acceptors (Lipinski definition) is 6. The van der Waals surface area contributed by atoms with Gasteiger partial charge in [-0.3, -0.25) is 4.89 Å². The van der Waals surface area contributed by atoms with Crippen LogP contribution in [0.2, 0.25) is 0 Å². The summed E-state index contributed by atoms with van der Waals surface area (Å²) >= 11 is 0. The maximum Gasteiger partial charge on any atom is 0.403 e. The minimum Gasteiger partial charge on any atom is -0.390 e. The lowest BCUT2D eigenvalue weighted by Gasteiger charge is -2.58. The third kappa shape index (κ3) is 3.06. The van der Waals surface area contributed by atoms with Crippen molar-refractivity contribution in [2.45, 2.75) is 68.9 Å². The van der Waals surface area contributed by atoms with Crippen molar-refractivity contribution in [1.82, 2.24) is 0 Å². The molecule has 6 nitrogen and oxygen atoms in total. The average Bonchev–Trinajstić information content (AvgIpc) is 2.49. The molecule has 4 bridgehead atoms. The molecule has 4 saturated carbocycles. The maximum absolute atomic E-state index is 13.5. The van der Waals surface area contributed by atoms with Crippen LogP contribution in [-0.2, 0) is 24.1 Å². The van der Waals surface area contributed by atoms with E-state index in [2.05, 4.69) is 9.22 Å². The molecule has 144 valence electrons. The van der Waals surface area contributed by atoms with E-state index in [-0.39, 0.29) is 18.3 Å². The van der Waals surface area contributed by atoms with Gasteiger partial charge >= 0.3 is 21.3 Å². The van der Waals surface area contributed by atoms with Crippen molar-refractivity contribution in [3.8, 4) is 0 Å². The molecule has 0 aromatic rings. The first-order valence-corrected chi connectivity index (χ1v) is 9.73. The Morgan fingerprint density at radius 2 is 1.84 bits per heavy atom. The summed E-state index contributed by atoms with van der Waals surface area (Å²) < 4.78 is 67.1.